The van der Waals surface area contributed by atoms with Gasteiger partial charge in [0.05, 0.1) is 27.0 Å². The number of H-pyrrole nitrogens is 1. The lowest BCUT2D eigenvalue weighted by molar-refractivity contribution is 0.324. The van der Waals surface area contributed by atoms with Crippen LogP contribution in [-0.2, 0) is 0 Å². The molecule has 2 rings (SSSR count). The monoisotopic (exact) mass is 249 g/mol. The van der Waals surface area contributed by atoms with Crippen molar-refractivity contribution >= 4 is 5.82 Å². The molecular formula is C12H15N3O3. The molecule has 0 unspecified atom stereocenters. The van der Waals surface area contributed by atoms with Crippen LogP contribution in [0.3, 0.4) is 0 Å². The lowest BCUT2D eigenvalue weighted by Crippen LogP contribution is -1.95. The highest BCUT2D eigenvalue weighted by atomic mass is 16.5. The molecule has 0 aliphatic rings. The molecule has 2 aromatic rings. The van der Waals surface area contributed by atoms with E-state index in [9.17, 15) is 0 Å². The predicted octanol–water partition coefficient (Wildman–Crippen LogP) is 1.68. The van der Waals surface area contributed by atoms with Crippen molar-refractivity contribution in [2.75, 3.05) is 27.1 Å². The molecule has 1 aromatic heterocycles. The molecule has 1 heterocycles. The van der Waals surface area contributed by atoms with Crippen molar-refractivity contribution < 1.29 is 14.2 Å². The molecule has 0 aliphatic carbocycles. The summed E-state index contributed by atoms with van der Waals surface area (Å²) in [6.07, 6.45) is 0. The Balaban J connectivity index is 2.56. The molecule has 3 N–H and O–H groups in total. The normalized spacial score (nSPS) is 10.2. The number of aromatic amines is 1. The molecule has 0 aliphatic heterocycles. The van der Waals surface area contributed by atoms with E-state index in [2.05, 4.69) is 10.2 Å². The van der Waals surface area contributed by atoms with Gasteiger partial charge in [-0.2, -0.15) is 5.10 Å². The first-order valence-corrected chi connectivity index (χ1v) is 5.31. The highest BCUT2D eigenvalue weighted by molar-refractivity contribution is 5.69. The molecule has 0 atom stereocenters. The summed E-state index contributed by atoms with van der Waals surface area (Å²) in [6, 6.07) is 5.39. The van der Waals surface area contributed by atoms with Gasteiger partial charge in [0.15, 0.2) is 11.5 Å². The van der Waals surface area contributed by atoms with Crippen LogP contribution in [0.5, 0.6) is 17.2 Å². The maximum atomic E-state index is 5.58. The van der Waals surface area contributed by atoms with Crippen molar-refractivity contribution in [1.29, 1.82) is 0 Å². The largest absolute Gasteiger partial charge is 0.493 e. The molecule has 0 saturated heterocycles. The van der Waals surface area contributed by atoms with Crippen molar-refractivity contribution in [3.05, 3.63) is 18.2 Å². The third-order valence-electron chi connectivity index (χ3n) is 2.57. The number of methoxy groups -OCH3 is 3. The van der Waals surface area contributed by atoms with E-state index >= 15 is 0 Å². The number of ether oxygens (including phenoxy) is 3. The Kier molecular flexibility index (Phi) is 3.27. The Morgan fingerprint density at radius 2 is 1.61 bits per heavy atom. The van der Waals surface area contributed by atoms with E-state index in [-0.39, 0.29) is 0 Å². The van der Waals surface area contributed by atoms with Gasteiger partial charge in [-0.1, -0.05) is 0 Å². The van der Waals surface area contributed by atoms with E-state index in [1.54, 1.807) is 27.4 Å². The smallest absolute Gasteiger partial charge is 0.203 e. The van der Waals surface area contributed by atoms with Crippen LogP contribution in [0.1, 0.15) is 0 Å². The molecule has 0 spiro atoms. The molecule has 6 heteroatoms. The van der Waals surface area contributed by atoms with Gasteiger partial charge in [0.1, 0.15) is 5.82 Å². The molecule has 96 valence electrons. The Bertz CT molecular complexity index is 526. The Labute approximate surface area is 105 Å². The summed E-state index contributed by atoms with van der Waals surface area (Å²) in [5, 5.41) is 6.72. The SMILES string of the molecule is COc1cc(-c2cc(N)n[nH]2)cc(OC)c1OC. The first kappa shape index (κ1) is 12.1. The van der Waals surface area contributed by atoms with E-state index in [1.807, 2.05) is 12.1 Å². The average Bonchev–Trinajstić information content (AvgIpc) is 2.83. The van der Waals surface area contributed by atoms with E-state index in [4.69, 9.17) is 19.9 Å². The zero-order valence-corrected chi connectivity index (χ0v) is 10.5. The Morgan fingerprint density at radius 3 is 2.00 bits per heavy atom. The van der Waals surface area contributed by atoms with Crippen LogP contribution < -0.4 is 19.9 Å². The third kappa shape index (κ3) is 2.04. The zero-order chi connectivity index (χ0) is 13.1. The van der Waals surface area contributed by atoms with Crippen LogP contribution in [0.2, 0.25) is 0 Å². The highest BCUT2D eigenvalue weighted by Crippen LogP contribution is 2.40. The summed E-state index contributed by atoms with van der Waals surface area (Å²) in [7, 11) is 4.71. The molecule has 18 heavy (non-hydrogen) atoms. The average molecular weight is 249 g/mol. The number of nitrogens with zero attached hydrogens (tertiary/aromatic N) is 1. The minimum Gasteiger partial charge on any atom is -0.493 e. The molecular weight excluding hydrogens is 234 g/mol. The predicted molar refractivity (Wildman–Crippen MR) is 68.1 cm³/mol. The van der Waals surface area contributed by atoms with Crippen molar-refractivity contribution in [2.24, 2.45) is 0 Å². The summed E-state index contributed by atoms with van der Waals surface area (Å²) >= 11 is 0. The number of aromatic nitrogens is 2. The first-order valence-electron chi connectivity index (χ1n) is 5.31. The fraction of sp³-hybridized carbons (Fsp3) is 0.250. The number of anilines is 1. The number of hydrogen-bond acceptors (Lipinski definition) is 5. The molecule has 1 aromatic carbocycles. The third-order valence-corrected chi connectivity index (χ3v) is 2.57. The van der Waals surface area contributed by atoms with Gasteiger partial charge < -0.3 is 19.9 Å². The van der Waals surface area contributed by atoms with Gasteiger partial charge in [-0.15, -0.1) is 0 Å². The van der Waals surface area contributed by atoms with E-state index in [1.165, 1.54) is 0 Å². The minimum atomic E-state index is 0.429. The second-order valence-corrected chi connectivity index (χ2v) is 3.62. The van der Waals surface area contributed by atoms with Crippen LogP contribution in [-0.4, -0.2) is 31.5 Å². The molecule has 0 amide bonds. The number of hydrogen-bond donors (Lipinski definition) is 2. The molecule has 0 fully saturated rings. The van der Waals surface area contributed by atoms with Gasteiger partial charge in [0, 0.05) is 11.6 Å². The topological polar surface area (TPSA) is 82.4 Å². The van der Waals surface area contributed by atoms with E-state index in [0.29, 0.717) is 23.1 Å². The summed E-state index contributed by atoms with van der Waals surface area (Å²) in [5.74, 6) is 2.15. The van der Waals surface area contributed by atoms with Gasteiger partial charge in [-0.3, -0.25) is 5.10 Å². The highest BCUT2D eigenvalue weighted by Gasteiger charge is 2.14. The molecule has 0 radical (unpaired) electrons. The van der Waals surface area contributed by atoms with Gasteiger partial charge in [-0.25, -0.2) is 0 Å². The fourth-order valence-corrected chi connectivity index (χ4v) is 1.72. The van der Waals surface area contributed by atoms with Crippen LogP contribution in [0, 0.1) is 0 Å². The van der Waals surface area contributed by atoms with Gasteiger partial charge >= 0.3 is 0 Å². The van der Waals surface area contributed by atoms with Crippen molar-refractivity contribution in [3.63, 3.8) is 0 Å². The summed E-state index contributed by atoms with van der Waals surface area (Å²) in [6.45, 7) is 0. The Hall–Kier alpha value is -2.37. The van der Waals surface area contributed by atoms with Gasteiger partial charge in [-0.05, 0) is 12.1 Å². The Morgan fingerprint density at radius 1 is 1.00 bits per heavy atom. The summed E-state index contributed by atoms with van der Waals surface area (Å²) < 4.78 is 15.8. The standard InChI is InChI=1S/C12H15N3O3/c1-16-9-4-7(8-6-11(13)15-14-8)5-10(17-2)12(9)18-3/h4-6H,1-3H3,(H3,13,14,15). The number of benzene rings is 1. The fourth-order valence-electron chi connectivity index (χ4n) is 1.72. The van der Waals surface area contributed by atoms with Crippen LogP contribution in [0.15, 0.2) is 18.2 Å². The lowest BCUT2D eigenvalue weighted by atomic mass is 10.1. The van der Waals surface area contributed by atoms with Crippen molar-refractivity contribution in [2.45, 2.75) is 0 Å². The maximum Gasteiger partial charge on any atom is 0.203 e. The van der Waals surface area contributed by atoms with Gasteiger partial charge in [0.25, 0.3) is 0 Å². The number of nitrogen functional groups attached to an aromatic ring is 1. The van der Waals surface area contributed by atoms with Crippen LogP contribution in [0.4, 0.5) is 5.82 Å². The van der Waals surface area contributed by atoms with Crippen molar-refractivity contribution in [1.82, 2.24) is 10.2 Å². The van der Waals surface area contributed by atoms with E-state index < -0.39 is 0 Å². The molecule has 6 nitrogen and oxygen atoms in total. The number of nitrogens with two attached hydrogens (primary N) is 1. The molecule has 0 saturated carbocycles. The summed E-state index contributed by atoms with van der Waals surface area (Å²) in [4.78, 5) is 0. The summed E-state index contributed by atoms with van der Waals surface area (Å²) in [5.41, 5.74) is 7.22. The lowest BCUT2D eigenvalue weighted by Gasteiger charge is -2.13. The number of rotatable bonds is 4. The van der Waals surface area contributed by atoms with E-state index in [0.717, 1.165) is 11.3 Å². The second kappa shape index (κ2) is 4.87. The second-order valence-electron chi connectivity index (χ2n) is 3.62. The van der Waals surface area contributed by atoms with Crippen LogP contribution in [0.25, 0.3) is 11.3 Å². The molecule has 0 bridgehead atoms. The quantitative estimate of drug-likeness (QED) is 0.861. The van der Waals surface area contributed by atoms with Gasteiger partial charge in [0.2, 0.25) is 5.75 Å². The number of nitrogens with one attached hydrogen (secondary N) is 1. The minimum absolute atomic E-state index is 0.429. The van der Waals surface area contributed by atoms with Crippen LogP contribution >= 0.6 is 0 Å². The van der Waals surface area contributed by atoms with Crippen molar-refractivity contribution in [3.8, 4) is 28.5 Å². The first-order chi connectivity index (χ1) is 8.69. The zero-order valence-electron chi connectivity index (χ0n) is 10.5. The maximum absolute atomic E-state index is 5.58.